The molecule has 0 fully saturated rings. The van der Waals surface area contributed by atoms with Crippen LogP contribution in [0.25, 0.3) is 38.6 Å². The fourth-order valence-corrected chi connectivity index (χ4v) is 3.79. The summed E-state index contributed by atoms with van der Waals surface area (Å²) in [5.41, 5.74) is 4.24. The number of halogens is 1. The number of hydrogen-bond acceptors (Lipinski definition) is 4. The Balaban J connectivity index is 1.82. The number of aromatic nitrogens is 3. The Bertz CT molecular complexity index is 1510. The Morgan fingerprint density at radius 3 is 2.48 bits per heavy atom. The molecule has 0 unspecified atom stereocenters. The van der Waals surface area contributed by atoms with Crippen molar-refractivity contribution in [1.29, 1.82) is 0 Å². The Labute approximate surface area is 177 Å². The molecule has 0 N–H and O–H groups in total. The molecule has 31 heavy (non-hydrogen) atoms. The van der Waals surface area contributed by atoms with E-state index < -0.39 is 0 Å². The minimum Gasteiger partial charge on any atom is -0.481 e. The van der Waals surface area contributed by atoms with Gasteiger partial charge in [0.05, 0.1) is 18.1 Å². The number of ether oxygens (including phenoxy) is 1. The average Bonchev–Trinajstić information content (AvgIpc) is 2.80. The summed E-state index contributed by atoms with van der Waals surface area (Å²) in [7, 11) is 1.58. The molecule has 0 radical (unpaired) electrons. The van der Waals surface area contributed by atoms with Crippen molar-refractivity contribution in [3.63, 3.8) is 0 Å². The van der Waals surface area contributed by atoms with Crippen molar-refractivity contribution in [3.05, 3.63) is 94.8 Å². The van der Waals surface area contributed by atoms with Crippen molar-refractivity contribution in [2.24, 2.45) is 0 Å². The molecule has 3 heterocycles. The van der Waals surface area contributed by atoms with Crippen molar-refractivity contribution in [3.8, 4) is 22.7 Å². The van der Waals surface area contributed by atoms with Crippen molar-refractivity contribution in [2.45, 2.75) is 6.92 Å². The van der Waals surface area contributed by atoms with Crippen molar-refractivity contribution >= 4 is 21.8 Å². The zero-order valence-corrected chi connectivity index (χ0v) is 17.0. The fraction of sp³-hybridized carbons (Fsp3) is 0.0800. The molecule has 0 atom stereocenters. The lowest BCUT2D eigenvalue weighted by molar-refractivity contribution is 0.398. The van der Waals surface area contributed by atoms with Crippen LogP contribution in [0.15, 0.2) is 77.9 Å². The lowest BCUT2D eigenvalue weighted by Gasteiger charge is -2.14. The quantitative estimate of drug-likeness (QED) is 0.390. The van der Waals surface area contributed by atoms with Crippen LogP contribution in [0.4, 0.5) is 4.39 Å². The highest BCUT2D eigenvalue weighted by Crippen LogP contribution is 2.30. The fourth-order valence-electron chi connectivity index (χ4n) is 3.79. The van der Waals surface area contributed by atoms with Crippen LogP contribution < -0.4 is 10.3 Å². The summed E-state index contributed by atoms with van der Waals surface area (Å²) in [6.07, 6.45) is 3.49. The van der Waals surface area contributed by atoms with Crippen LogP contribution >= 0.6 is 0 Å². The van der Waals surface area contributed by atoms with Crippen molar-refractivity contribution in [1.82, 2.24) is 14.5 Å². The van der Waals surface area contributed by atoms with Gasteiger partial charge in [0.2, 0.25) is 5.88 Å². The lowest BCUT2D eigenvalue weighted by Crippen LogP contribution is -2.18. The molecule has 152 valence electrons. The standard InChI is InChI=1S/C25H18FN3O2/c1-15-11-19(6-7-21(15)26)29-24(30)10-5-18-14-27-22-8-3-16(12-20(22)25(18)29)17-4-9-23(31-2)28-13-17/h3-14H,1-2H3. The van der Waals surface area contributed by atoms with Crippen LogP contribution in [-0.4, -0.2) is 21.6 Å². The molecule has 0 amide bonds. The molecule has 0 aliphatic rings. The second kappa shape index (κ2) is 7.32. The summed E-state index contributed by atoms with van der Waals surface area (Å²) < 4.78 is 20.6. The number of nitrogens with zero attached hydrogens (tertiary/aromatic N) is 3. The molecule has 0 spiro atoms. The Morgan fingerprint density at radius 1 is 0.903 bits per heavy atom. The highest BCUT2D eigenvalue weighted by molar-refractivity contribution is 6.05. The summed E-state index contributed by atoms with van der Waals surface area (Å²) in [5.74, 6) is 0.232. The molecule has 0 saturated carbocycles. The van der Waals surface area contributed by atoms with E-state index in [2.05, 4.69) is 9.97 Å². The first-order chi connectivity index (χ1) is 15.0. The predicted octanol–water partition coefficient (Wildman–Crippen LogP) is 5.06. The molecule has 5 rings (SSSR count). The third-order valence-electron chi connectivity index (χ3n) is 5.40. The molecular weight excluding hydrogens is 393 g/mol. The minimum atomic E-state index is -0.308. The van der Waals surface area contributed by atoms with Crippen LogP contribution in [0, 0.1) is 12.7 Å². The second-order valence-corrected chi connectivity index (χ2v) is 7.32. The van der Waals surface area contributed by atoms with Gasteiger partial charge in [-0.05, 0) is 60.5 Å². The zero-order chi connectivity index (χ0) is 21.5. The van der Waals surface area contributed by atoms with E-state index in [1.165, 1.54) is 12.1 Å². The van der Waals surface area contributed by atoms with Gasteiger partial charge in [0, 0.05) is 46.5 Å². The number of hydrogen-bond donors (Lipinski definition) is 0. The van der Waals surface area contributed by atoms with Crippen molar-refractivity contribution < 1.29 is 9.13 Å². The number of pyridine rings is 3. The minimum absolute atomic E-state index is 0.192. The molecule has 0 aliphatic heterocycles. The van der Waals surface area contributed by atoms with E-state index >= 15 is 0 Å². The van der Waals surface area contributed by atoms with Gasteiger partial charge in [-0.2, -0.15) is 0 Å². The van der Waals surface area contributed by atoms with E-state index in [1.807, 2.05) is 24.3 Å². The summed E-state index contributed by atoms with van der Waals surface area (Å²) >= 11 is 0. The normalized spacial score (nSPS) is 11.2. The number of rotatable bonds is 3. The SMILES string of the molecule is COc1ccc(-c2ccc3ncc4ccc(=O)n(-c5ccc(F)c(C)c5)c4c3c2)cn1. The first-order valence-corrected chi connectivity index (χ1v) is 9.76. The van der Waals surface area contributed by atoms with Crippen LogP contribution in [-0.2, 0) is 0 Å². The summed E-state index contributed by atoms with van der Waals surface area (Å²) in [6.45, 7) is 1.68. The molecule has 3 aromatic heterocycles. The predicted molar refractivity (Wildman–Crippen MR) is 119 cm³/mol. The maximum atomic E-state index is 13.9. The van der Waals surface area contributed by atoms with E-state index in [-0.39, 0.29) is 11.4 Å². The van der Waals surface area contributed by atoms with E-state index in [4.69, 9.17) is 4.74 Å². The van der Waals surface area contributed by atoms with Crippen LogP contribution in [0.3, 0.4) is 0 Å². The summed E-state index contributed by atoms with van der Waals surface area (Å²) in [5, 5.41) is 1.64. The van der Waals surface area contributed by atoms with Gasteiger partial charge in [0.15, 0.2) is 0 Å². The number of aryl methyl sites for hydroxylation is 1. The topological polar surface area (TPSA) is 57.0 Å². The Hall–Kier alpha value is -4.06. The molecule has 5 aromatic rings. The molecule has 0 saturated heterocycles. The van der Waals surface area contributed by atoms with Gasteiger partial charge in [-0.3, -0.25) is 14.3 Å². The molecule has 6 heteroatoms. The van der Waals surface area contributed by atoms with Gasteiger partial charge in [0.25, 0.3) is 5.56 Å². The zero-order valence-electron chi connectivity index (χ0n) is 17.0. The molecule has 2 aromatic carbocycles. The maximum Gasteiger partial charge on any atom is 0.255 e. The Morgan fingerprint density at radius 2 is 1.74 bits per heavy atom. The van der Waals surface area contributed by atoms with E-state index in [0.29, 0.717) is 17.1 Å². The van der Waals surface area contributed by atoms with Gasteiger partial charge >= 0.3 is 0 Å². The van der Waals surface area contributed by atoms with Gasteiger partial charge in [-0.25, -0.2) is 9.37 Å². The van der Waals surface area contributed by atoms with Gasteiger partial charge in [0.1, 0.15) is 5.82 Å². The molecule has 5 nitrogen and oxygen atoms in total. The van der Waals surface area contributed by atoms with Crippen LogP contribution in [0.5, 0.6) is 5.88 Å². The van der Waals surface area contributed by atoms with Crippen molar-refractivity contribution in [2.75, 3.05) is 7.11 Å². The van der Waals surface area contributed by atoms with Crippen LogP contribution in [0.2, 0.25) is 0 Å². The molecular formula is C25H18FN3O2. The number of methoxy groups -OCH3 is 1. The van der Waals surface area contributed by atoms with E-state index in [9.17, 15) is 9.18 Å². The second-order valence-electron chi connectivity index (χ2n) is 7.32. The van der Waals surface area contributed by atoms with Gasteiger partial charge in [-0.15, -0.1) is 0 Å². The monoisotopic (exact) mass is 411 g/mol. The van der Waals surface area contributed by atoms with Gasteiger partial charge in [-0.1, -0.05) is 6.07 Å². The highest BCUT2D eigenvalue weighted by Gasteiger charge is 2.12. The van der Waals surface area contributed by atoms with E-state index in [0.717, 1.165) is 32.9 Å². The molecule has 0 bridgehead atoms. The largest absolute Gasteiger partial charge is 0.481 e. The smallest absolute Gasteiger partial charge is 0.255 e. The first kappa shape index (κ1) is 18.9. The van der Waals surface area contributed by atoms with E-state index in [1.54, 1.807) is 55.3 Å². The summed E-state index contributed by atoms with van der Waals surface area (Å²) in [6, 6.07) is 17.6. The third-order valence-corrected chi connectivity index (χ3v) is 5.40. The highest BCUT2D eigenvalue weighted by atomic mass is 19.1. The molecule has 0 aliphatic carbocycles. The average molecular weight is 411 g/mol. The Kier molecular flexibility index (Phi) is 4.47. The summed E-state index contributed by atoms with van der Waals surface area (Å²) in [4.78, 5) is 21.8. The number of fused-ring (bicyclic) bond motifs is 3. The number of benzene rings is 2. The lowest BCUT2D eigenvalue weighted by atomic mass is 10.0. The third kappa shape index (κ3) is 3.22. The van der Waals surface area contributed by atoms with Gasteiger partial charge < -0.3 is 4.74 Å². The van der Waals surface area contributed by atoms with Crippen LogP contribution in [0.1, 0.15) is 5.56 Å². The first-order valence-electron chi connectivity index (χ1n) is 9.76. The maximum absolute atomic E-state index is 13.9.